The van der Waals surface area contributed by atoms with Gasteiger partial charge in [0.05, 0.1) is 33.3 Å². The van der Waals surface area contributed by atoms with Gasteiger partial charge in [0, 0.05) is 17.3 Å². The molecule has 6 heteroatoms. The lowest BCUT2D eigenvalue weighted by atomic mass is 10.1. The van der Waals surface area contributed by atoms with Gasteiger partial charge >= 0.3 is 0 Å². The number of rotatable bonds is 5. The van der Waals surface area contributed by atoms with Crippen molar-refractivity contribution in [1.82, 2.24) is 4.90 Å². The van der Waals surface area contributed by atoms with Crippen LogP contribution < -0.4 is 15.0 Å². The van der Waals surface area contributed by atoms with Crippen molar-refractivity contribution in [2.45, 2.75) is 13.0 Å². The molecule has 27 heavy (non-hydrogen) atoms. The third-order valence-electron chi connectivity index (χ3n) is 5.06. The lowest BCUT2D eigenvalue weighted by molar-refractivity contribution is -0.917. The van der Waals surface area contributed by atoms with Crippen molar-refractivity contribution < 1.29 is 19.2 Å². The van der Waals surface area contributed by atoms with E-state index in [1.165, 1.54) is 4.90 Å². The highest BCUT2D eigenvalue weighted by Crippen LogP contribution is 2.16. The number of ether oxygens (including phenoxy) is 1. The Balaban J connectivity index is 1.54. The molecule has 0 saturated carbocycles. The fraction of sp³-hybridized carbons (Fsp3) is 0.333. The molecule has 1 fully saturated rings. The van der Waals surface area contributed by atoms with Crippen LogP contribution in [0.4, 0.5) is 5.69 Å². The molecule has 2 aromatic rings. The van der Waals surface area contributed by atoms with Crippen LogP contribution in [0.3, 0.4) is 0 Å². The molecule has 1 heterocycles. The van der Waals surface area contributed by atoms with Gasteiger partial charge in [-0.1, -0.05) is 24.3 Å². The smallest absolute Gasteiger partial charge is 0.282 e. The molecule has 1 aliphatic heterocycles. The molecule has 0 bridgehead atoms. The van der Waals surface area contributed by atoms with Gasteiger partial charge in [0.15, 0.2) is 6.04 Å². The number of quaternary nitrogens is 1. The Bertz CT molecular complexity index is 786. The lowest BCUT2D eigenvalue weighted by Crippen LogP contribution is -3.19. The fourth-order valence-corrected chi connectivity index (χ4v) is 3.33. The number of methoxy groups -OCH3 is 1. The summed E-state index contributed by atoms with van der Waals surface area (Å²) in [6.07, 6.45) is 0. The van der Waals surface area contributed by atoms with E-state index in [4.69, 9.17) is 4.74 Å². The Morgan fingerprint density at radius 3 is 2.44 bits per heavy atom. The maximum atomic E-state index is 12.6. The summed E-state index contributed by atoms with van der Waals surface area (Å²) in [7, 11) is 1.60. The van der Waals surface area contributed by atoms with Crippen LogP contribution >= 0.6 is 0 Å². The molecule has 0 aromatic heterocycles. The quantitative estimate of drug-likeness (QED) is 0.830. The molecule has 0 aliphatic carbocycles. The second-order valence-electron chi connectivity index (χ2n) is 6.76. The van der Waals surface area contributed by atoms with Crippen molar-refractivity contribution in [2.24, 2.45) is 0 Å². The first-order chi connectivity index (χ1) is 13.1. The zero-order chi connectivity index (χ0) is 19.2. The lowest BCUT2D eigenvalue weighted by Gasteiger charge is -2.34. The molecule has 1 saturated heterocycles. The van der Waals surface area contributed by atoms with Gasteiger partial charge in [0.1, 0.15) is 5.75 Å². The average Bonchev–Trinajstić information content (AvgIpc) is 2.73. The van der Waals surface area contributed by atoms with E-state index in [2.05, 4.69) is 5.32 Å². The molecule has 0 radical (unpaired) electrons. The van der Waals surface area contributed by atoms with Gasteiger partial charge in [-0.3, -0.25) is 9.59 Å². The summed E-state index contributed by atoms with van der Waals surface area (Å²) in [5.74, 6) is 0.741. The van der Waals surface area contributed by atoms with Crippen LogP contribution in [0, 0.1) is 0 Å². The number of nitrogens with one attached hydrogen (secondary N) is 2. The van der Waals surface area contributed by atoms with Gasteiger partial charge in [-0.2, -0.15) is 0 Å². The van der Waals surface area contributed by atoms with Gasteiger partial charge in [-0.15, -0.1) is 0 Å². The second-order valence-corrected chi connectivity index (χ2v) is 6.76. The molecular weight excluding hydrogens is 342 g/mol. The van der Waals surface area contributed by atoms with Gasteiger partial charge in [0.2, 0.25) is 0 Å². The number of carbonyl (C=O) groups is 2. The van der Waals surface area contributed by atoms with Gasteiger partial charge in [0.25, 0.3) is 11.8 Å². The zero-order valence-electron chi connectivity index (χ0n) is 15.8. The Morgan fingerprint density at radius 2 is 1.78 bits per heavy atom. The van der Waals surface area contributed by atoms with Crippen molar-refractivity contribution in [1.29, 1.82) is 0 Å². The minimum Gasteiger partial charge on any atom is -0.497 e. The van der Waals surface area contributed by atoms with Gasteiger partial charge < -0.3 is 19.9 Å². The Hall–Kier alpha value is -2.86. The predicted molar refractivity (Wildman–Crippen MR) is 104 cm³/mol. The van der Waals surface area contributed by atoms with Crippen molar-refractivity contribution >= 4 is 17.5 Å². The zero-order valence-corrected chi connectivity index (χ0v) is 15.8. The predicted octanol–water partition coefficient (Wildman–Crippen LogP) is 1.06. The SMILES string of the molecule is COc1cccc(NC(=O)[C@H](C)[NH+]2CCN(C(=O)c3ccccc3)CC2)c1. The van der Waals surface area contributed by atoms with E-state index in [0.717, 1.165) is 18.8 Å². The van der Waals surface area contributed by atoms with E-state index in [9.17, 15) is 9.59 Å². The monoisotopic (exact) mass is 368 g/mol. The van der Waals surface area contributed by atoms with Crippen LogP contribution in [0.2, 0.25) is 0 Å². The molecule has 2 amide bonds. The number of nitrogens with zero attached hydrogens (tertiary/aromatic N) is 1. The van der Waals surface area contributed by atoms with E-state index in [0.29, 0.717) is 24.4 Å². The molecule has 6 nitrogen and oxygen atoms in total. The molecule has 3 rings (SSSR count). The number of amides is 2. The number of carbonyl (C=O) groups excluding carboxylic acids is 2. The van der Waals surface area contributed by atoms with E-state index in [1.54, 1.807) is 13.2 Å². The number of piperazine rings is 1. The fourth-order valence-electron chi connectivity index (χ4n) is 3.33. The Morgan fingerprint density at radius 1 is 1.07 bits per heavy atom. The summed E-state index contributed by atoms with van der Waals surface area (Å²) < 4.78 is 5.19. The number of benzene rings is 2. The molecule has 1 aliphatic rings. The highest BCUT2D eigenvalue weighted by molar-refractivity contribution is 5.94. The Kier molecular flexibility index (Phi) is 6.08. The number of hydrogen-bond donors (Lipinski definition) is 2. The van der Waals surface area contributed by atoms with Crippen LogP contribution in [0.25, 0.3) is 0 Å². The van der Waals surface area contributed by atoms with Crippen molar-refractivity contribution in [3.05, 3.63) is 60.2 Å². The van der Waals surface area contributed by atoms with E-state index < -0.39 is 0 Å². The van der Waals surface area contributed by atoms with Crippen LogP contribution in [0.5, 0.6) is 5.75 Å². The number of hydrogen-bond acceptors (Lipinski definition) is 3. The van der Waals surface area contributed by atoms with E-state index in [1.807, 2.05) is 60.4 Å². The van der Waals surface area contributed by atoms with Gasteiger partial charge in [-0.25, -0.2) is 0 Å². The first-order valence-electron chi connectivity index (χ1n) is 9.22. The first kappa shape index (κ1) is 18.9. The van der Waals surface area contributed by atoms with Crippen molar-refractivity contribution in [3.63, 3.8) is 0 Å². The summed E-state index contributed by atoms with van der Waals surface area (Å²) in [4.78, 5) is 28.2. The Labute approximate surface area is 159 Å². The third-order valence-corrected chi connectivity index (χ3v) is 5.06. The summed E-state index contributed by atoms with van der Waals surface area (Å²) in [5, 5.41) is 2.95. The topological polar surface area (TPSA) is 63.1 Å². The third kappa shape index (κ3) is 4.65. The molecule has 0 unspecified atom stereocenters. The van der Waals surface area contributed by atoms with Crippen LogP contribution in [-0.2, 0) is 4.79 Å². The summed E-state index contributed by atoms with van der Waals surface area (Å²) >= 11 is 0. The van der Waals surface area contributed by atoms with Crippen molar-refractivity contribution in [2.75, 3.05) is 38.6 Å². The molecule has 2 aromatic carbocycles. The summed E-state index contributed by atoms with van der Waals surface area (Å²) in [6, 6.07) is 16.5. The highest BCUT2D eigenvalue weighted by Gasteiger charge is 2.31. The summed E-state index contributed by atoms with van der Waals surface area (Å²) in [6.45, 7) is 4.75. The standard InChI is InChI=1S/C21H25N3O3/c1-16(20(25)22-18-9-6-10-19(15-18)27-2)23-11-13-24(14-12-23)21(26)17-7-4-3-5-8-17/h3-10,15-16H,11-14H2,1-2H3,(H,22,25)/p+1/t16-/m0/s1. The first-order valence-corrected chi connectivity index (χ1v) is 9.22. The normalized spacial score (nSPS) is 15.9. The molecule has 2 N–H and O–H groups in total. The highest BCUT2D eigenvalue weighted by atomic mass is 16.5. The maximum absolute atomic E-state index is 12.6. The minimum atomic E-state index is -0.190. The van der Waals surface area contributed by atoms with Gasteiger partial charge in [-0.05, 0) is 31.2 Å². The summed E-state index contributed by atoms with van der Waals surface area (Å²) in [5.41, 5.74) is 1.44. The second kappa shape index (κ2) is 8.68. The molecule has 0 spiro atoms. The minimum absolute atomic E-state index is 0.0268. The average molecular weight is 368 g/mol. The largest absolute Gasteiger partial charge is 0.497 e. The maximum Gasteiger partial charge on any atom is 0.282 e. The van der Waals surface area contributed by atoms with Crippen LogP contribution in [0.1, 0.15) is 17.3 Å². The van der Waals surface area contributed by atoms with Crippen LogP contribution in [-0.4, -0.2) is 56.0 Å². The van der Waals surface area contributed by atoms with E-state index >= 15 is 0 Å². The van der Waals surface area contributed by atoms with Crippen molar-refractivity contribution in [3.8, 4) is 5.75 Å². The number of anilines is 1. The van der Waals surface area contributed by atoms with Crippen LogP contribution in [0.15, 0.2) is 54.6 Å². The molecular formula is C21H26N3O3+. The molecule has 142 valence electrons. The molecule has 1 atom stereocenters. The van der Waals surface area contributed by atoms with E-state index in [-0.39, 0.29) is 17.9 Å².